The van der Waals surface area contributed by atoms with Crippen LogP contribution >= 0.6 is 24.8 Å². The van der Waals surface area contributed by atoms with Crippen LogP contribution in [0.15, 0.2) is 34.7 Å². The van der Waals surface area contributed by atoms with E-state index in [9.17, 15) is 4.79 Å². The van der Waals surface area contributed by atoms with E-state index in [-0.39, 0.29) is 42.7 Å². The van der Waals surface area contributed by atoms with Crippen molar-refractivity contribution in [3.8, 4) is 11.3 Å². The normalized spacial score (nSPS) is 21.1. The molecule has 2 unspecified atom stereocenters. The van der Waals surface area contributed by atoms with Crippen LogP contribution in [0.4, 0.5) is 0 Å². The minimum atomic E-state index is -0.0335. The van der Waals surface area contributed by atoms with Gasteiger partial charge >= 0.3 is 0 Å². The fraction of sp³-hybridized carbons (Fsp3) is 0.545. The summed E-state index contributed by atoms with van der Waals surface area (Å²) < 4.78 is 6.24. The maximum absolute atomic E-state index is 12.9. The number of carbonyl (C=O) groups excluding carboxylic acids is 1. The van der Waals surface area contributed by atoms with Crippen molar-refractivity contribution < 1.29 is 9.21 Å². The second kappa shape index (κ2) is 10.5. The Kier molecular flexibility index (Phi) is 8.56. The van der Waals surface area contributed by atoms with Gasteiger partial charge in [-0.3, -0.25) is 4.79 Å². The number of aromatic nitrogens is 1. The van der Waals surface area contributed by atoms with Crippen molar-refractivity contribution in [1.29, 1.82) is 0 Å². The monoisotopic (exact) mass is 439 g/mol. The Labute approximate surface area is 185 Å². The molecule has 2 fully saturated rings. The summed E-state index contributed by atoms with van der Waals surface area (Å²) in [4.78, 5) is 19.8. The van der Waals surface area contributed by atoms with Gasteiger partial charge in [-0.25, -0.2) is 4.98 Å². The number of nitrogens with zero attached hydrogens (tertiary/aromatic N) is 2. The maximum Gasteiger partial charge on any atom is 0.224 e. The van der Waals surface area contributed by atoms with Crippen molar-refractivity contribution in [3.05, 3.63) is 42.0 Å². The van der Waals surface area contributed by atoms with E-state index in [0.29, 0.717) is 18.4 Å². The molecule has 2 aliphatic rings. The zero-order chi connectivity index (χ0) is 18.8. The summed E-state index contributed by atoms with van der Waals surface area (Å²) in [5.74, 6) is 2.08. The molecule has 1 aromatic carbocycles. The molecule has 0 aliphatic carbocycles. The third-order valence-electron chi connectivity index (χ3n) is 5.68. The summed E-state index contributed by atoms with van der Waals surface area (Å²) in [6.45, 7) is 6.08. The van der Waals surface area contributed by atoms with Gasteiger partial charge in [-0.2, -0.15) is 0 Å². The predicted molar refractivity (Wildman–Crippen MR) is 120 cm³/mol. The number of rotatable bonds is 5. The van der Waals surface area contributed by atoms with E-state index >= 15 is 0 Å². The highest BCUT2D eigenvalue weighted by molar-refractivity contribution is 5.85. The molecule has 7 heteroatoms. The number of likely N-dealkylation sites (tertiary alicyclic amines) is 1. The van der Waals surface area contributed by atoms with Gasteiger partial charge in [0.25, 0.3) is 0 Å². The highest BCUT2D eigenvalue weighted by Gasteiger charge is 2.35. The molecule has 1 amide bonds. The zero-order valence-corrected chi connectivity index (χ0v) is 18.7. The third kappa shape index (κ3) is 5.14. The molecule has 0 bridgehead atoms. The fourth-order valence-electron chi connectivity index (χ4n) is 4.27. The van der Waals surface area contributed by atoms with Crippen LogP contribution in [0.3, 0.4) is 0 Å². The molecule has 160 valence electrons. The number of nitrogens with one attached hydrogen (secondary N) is 1. The van der Waals surface area contributed by atoms with Gasteiger partial charge < -0.3 is 14.6 Å². The predicted octanol–water partition coefficient (Wildman–Crippen LogP) is 5.11. The smallest absolute Gasteiger partial charge is 0.224 e. The number of oxazole rings is 1. The zero-order valence-electron chi connectivity index (χ0n) is 17.1. The van der Waals surface area contributed by atoms with Crippen molar-refractivity contribution in [2.75, 3.05) is 13.1 Å². The molecule has 2 aromatic rings. The lowest BCUT2D eigenvalue weighted by Gasteiger charge is -2.24. The van der Waals surface area contributed by atoms with Crippen LogP contribution < -0.4 is 5.32 Å². The van der Waals surface area contributed by atoms with Gasteiger partial charge in [0.2, 0.25) is 11.8 Å². The van der Waals surface area contributed by atoms with Crippen LogP contribution in [0.5, 0.6) is 0 Å². The van der Waals surface area contributed by atoms with Crippen molar-refractivity contribution in [2.45, 2.75) is 64.0 Å². The molecule has 0 radical (unpaired) electrons. The first-order valence-corrected chi connectivity index (χ1v) is 10.2. The number of carbonyl (C=O) groups is 1. The van der Waals surface area contributed by atoms with E-state index in [1.54, 1.807) is 0 Å². The Balaban J connectivity index is 0.00000150. The number of benzene rings is 1. The first-order chi connectivity index (χ1) is 13.1. The Bertz CT molecular complexity index is 789. The van der Waals surface area contributed by atoms with Gasteiger partial charge in [-0.15, -0.1) is 24.8 Å². The Morgan fingerprint density at radius 3 is 2.62 bits per heavy atom. The Hall–Kier alpha value is -1.56. The molecular formula is C22H31Cl2N3O2. The fourth-order valence-corrected chi connectivity index (χ4v) is 4.27. The summed E-state index contributed by atoms with van der Waals surface area (Å²) >= 11 is 0. The van der Waals surface area contributed by atoms with Crippen LogP contribution in [0, 0.1) is 0 Å². The van der Waals surface area contributed by atoms with Crippen molar-refractivity contribution in [2.24, 2.45) is 0 Å². The second-order valence-corrected chi connectivity index (χ2v) is 8.03. The summed E-state index contributed by atoms with van der Waals surface area (Å²) in [7, 11) is 0. The Morgan fingerprint density at radius 2 is 1.97 bits per heavy atom. The standard InChI is InChI=1S/C22H29N3O2.2ClH/c1-15(2)21-20(16-8-4-3-5-9-16)24-22(27-21)18-11-7-13-25(18)19(26)14-17-10-6-12-23-17;;/h3-5,8-9,15,17-18,23H,6-7,10-14H2,1-2H3;2*1H. The molecule has 0 saturated carbocycles. The van der Waals surface area contributed by atoms with E-state index < -0.39 is 0 Å². The van der Waals surface area contributed by atoms with Crippen LogP contribution in [0.1, 0.15) is 69.6 Å². The van der Waals surface area contributed by atoms with Crippen LogP contribution in [0.25, 0.3) is 11.3 Å². The molecule has 2 atom stereocenters. The number of hydrogen-bond donors (Lipinski definition) is 1. The molecule has 5 nitrogen and oxygen atoms in total. The minimum absolute atomic E-state index is 0. The number of amides is 1. The van der Waals surface area contributed by atoms with Crippen molar-refractivity contribution >= 4 is 30.7 Å². The summed E-state index contributed by atoms with van der Waals surface area (Å²) in [6, 6.07) is 10.5. The second-order valence-electron chi connectivity index (χ2n) is 8.03. The SMILES string of the molecule is CC(C)c1oc(C2CCCN2C(=O)CC2CCCN2)nc1-c1ccccc1.Cl.Cl. The third-order valence-corrected chi connectivity index (χ3v) is 5.68. The first-order valence-electron chi connectivity index (χ1n) is 10.2. The lowest BCUT2D eigenvalue weighted by atomic mass is 10.0. The van der Waals surface area contributed by atoms with Gasteiger partial charge in [0.1, 0.15) is 17.5 Å². The molecule has 3 heterocycles. The number of halogens is 2. The number of hydrogen-bond acceptors (Lipinski definition) is 4. The van der Waals surface area contributed by atoms with Crippen molar-refractivity contribution in [3.63, 3.8) is 0 Å². The van der Waals surface area contributed by atoms with E-state index in [0.717, 1.165) is 49.4 Å². The average Bonchev–Trinajstić information content (AvgIpc) is 3.41. The molecule has 0 spiro atoms. The minimum Gasteiger partial charge on any atom is -0.442 e. The molecule has 1 N–H and O–H groups in total. The summed E-state index contributed by atoms with van der Waals surface area (Å²) in [5.41, 5.74) is 1.99. The molecule has 29 heavy (non-hydrogen) atoms. The highest BCUT2D eigenvalue weighted by Crippen LogP contribution is 2.37. The van der Waals surface area contributed by atoms with Gasteiger partial charge in [-0.05, 0) is 32.2 Å². The van der Waals surface area contributed by atoms with E-state index in [2.05, 4.69) is 31.3 Å². The molecule has 2 aliphatic heterocycles. The molecule has 2 saturated heterocycles. The van der Waals surface area contributed by atoms with Gasteiger partial charge in [0.05, 0.1) is 0 Å². The van der Waals surface area contributed by atoms with E-state index in [1.165, 1.54) is 6.42 Å². The summed E-state index contributed by atoms with van der Waals surface area (Å²) in [6.07, 6.45) is 4.78. The topological polar surface area (TPSA) is 58.4 Å². The van der Waals surface area contributed by atoms with Gasteiger partial charge in [0.15, 0.2) is 0 Å². The maximum atomic E-state index is 12.9. The molecule has 1 aromatic heterocycles. The lowest BCUT2D eigenvalue weighted by molar-refractivity contribution is -0.133. The largest absolute Gasteiger partial charge is 0.442 e. The van der Waals surface area contributed by atoms with Gasteiger partial charge in [-0.1, -0.05) is 44.2 Å². The Morgan fingerprint density at radius 1 is 1.21 bits per heavy atom. The van der Waals surface area contributed by atoms with Gasteiger partial charge in [0, 0.05) is 30.5 Å². The van der Waals surface area contributed by atoms with Crippen LogP contribution in [0.2, 0.25) is 0 Å². The van der Waals surface area contributed by atoms with E-state index in [4.69, 9.17) is 9.40 Å². The first kappa shape index (κ1) is 23.7. The lowest BCUT2D eigenvalue weighted by Crippen LogP contribution is -2.35. The van der Waals surface area contributed by atoms with Crippen LogP contribution in [-0.4, -0.2) is 34.9 Å². The summed E-state index contributed by atoms with van der Waals surface area (Å²) in [5, 5.41) is 3.43. The van der Waals surface area contributed by atoms with E-state index in [1.807, 2.05) is 23.1 Å². The quantitative estimate of drug-likeness (QED) is 0.702. The van der Waals surface area contributed by atoms with Crippen LogP contribution in [-0.2, 0) is 4.79 Å². The average molecular weight is 440 g/mol. The molecule has 4 rings (SSSR count). The highest BCUT2D eigenvalue weighted by atomic mass is 35.5. The molecular weight excluding hydrogens is 409 g/mol. The van der Waals surface area contributed by atoms with Crippen molar-refractivity contribution in [1.82, 2.24) is 15.2 Å².